The predicted octanol–water partition coefficient (Wildman–Crippen LogP) is 1.99. The first-order valence-corrected chi connectivity index (χ1v) is 8.71. The molecule has 1 aromatic rings. The van der Waals surface area contributed by atoms with Crippen LogP contribution in [0.1, 0.15) is 18.4 Å². The monoisotopic (exact) mass is 320 g/mol. The topological polar surface area (TPSA) is 49.4 Å². The highest BCUT2D eigenvalue weighted by molar-refractivity contribution is 7.88. The zero-order chi connectivity index (χ0) is 14.8. The Balaban J connectivity index is 1.83. The van der Waals surface area contributed by atoms with E-state index in [-0.39, 0.29) is 11.1 Å². The van der Waals surface area contributed by atoms with Crippen LogP contribution in [-0.4, -0.2) is 38.1 Å². The van der Waals surface area contributed by atoms with Gasteiger partial charge in [-0.25, -0.2) is 17.1 Å². The highest BCUT2D eigenvalue weighted by Gasteiger charge is 2.24. The van der Waals surface area contributed by atoms with Gasteiger partial charge in [0.2, 0.25) is 10.0 Å². The largest absolute Gasteiger partial charge is 0.310 e. The van der Waals surface area contributed by atoms with Gasteiger partial charge in [0.25, 0.3) is 0 Å². The molecule has 1 heterocycles. The van der Waals surface area contributed by atoms with Gasteiger partial charge in [0.05, 0.1) is 11.3 Å². The molecule has 4 nitrogen and oxygen atoms in total. The molecule has 1 aromatic carbocycles. The summed E-state index contributed by atoms with van der Waals surface area (Å²) >= 11 is 5.63. The third kappa shape index (κ3) is 4.15. The minimum absolute atomic E-state index is 0.121. The zero-order valence-corrected chi connectivity index (χ0v) is 12.8. The van der Waals surface area contributed by atoms with E-state index in [1.54, 1.807) is 12.1 Å². The highest BCUT2D eigenvalue weighted by Crippen LogP contribution is 2.17. The summed E-state index contributed by atoms with van der Waals surface area (Å²) in [5.41, 5.74) is 0.831. The third-order valence-corrected chi connectivity index (χ3v) is 5.11. The molecule has 1 N–H and O–H groups in total. The summed E-state index contributed by atoms with van der Waals surface area (Å²) in [4.78, 5) is 0. The second-order valence-electron chi connectivity index (χ2n) is 5.07. The summed E-state index contributed by atoms with van der Waals surface area (Å²) in [6.45, 7) is 1.62. The minimum Gasteiger partial charge on any atom is -0.310 e. The van der Waals surface area contributed by atoms with Crippen molar-refractivity contribution >= 4 is 21.6 Å². The number of benzene rings is 1. The van der Waals surface area contributed by atoms with E-state index in [9.17, 15) is 12.8 Å². The van der Waals surface area contributed by atoms with Crippen molar-refractivity contribution in [1.29, 1.82) is 0 Å². The van der Waals surface area contributed by atoms with E-state index >= 15 is 0 Å². The molecule has 20 heavy (non-hydrogen) atoms. The molecule has 1 aliphatic heterocycles. The molecule has 0 aromatic heterocycles. The lowest BCUT2D eigenvalue weighted by molar-refractivity contribution is 0.290. The lowest BCUT2D eigenvalue weighted by Gasteiger charge is -2.30. The molecular formula is C13H18ClFN2O2S. The fraction of sp³-hybridized carbons (Fsp3) is 0.538. The van der Waals surface area contributed by atoms with Crippen molar-refractivity contribution in [3.8, 4) is 0 Å². The summed E-state index contributed by atoms with van der Waals surface area (Å²) in [5.74, 6) is -0.419. The third-order valence-electron chi connectivity index (χ3n) is 3.50. The average Bonchev–Trinajstić information content (AvgIpc) is 2.40. The van der Waals surface area contributed by atoms with Crippen LogP contribution in [0, 0.1) is 5.82 Å². The molecule has 7 heteroatoms. The van der Waals surface area contributed by atoms with E-state index in [0.29, 0.717) is 19.6 Å². The van der Waals surface area contributed by atoms with Gasteiger partial charge in [0.15, 0.2) is 0 Å². The molecule has 1 fully saturated rings. The van der Waals surface area contributed by atoms with Gasteiger partial charge in [0, 0.05) is 25.7 Å². The molecule has 2 rings (SSSR count). The lowest BCUT2D eigenvalue weighted by atomic mass is 10.1. The van der Waals surface area contributed by atoms with Crippen LogP contribution in [0.5, 0.6) is 0 Å². The average molecular weight is 321 g/mol. The minimum atomic E-state index is -3.09. The molecule has 0 bridgehead atoms. The molecular weight excluding hydrogens is 303 g/mol. The Hall–Kier alpha value is -0.690. The Bertz CT molecular complexity index is 572. The standard InChI is InChI=1S/C13H18ClFN2O2S/c1-20(18,19)17-6-4-11(5-7-17)16-9-10-2-3-12(14)13(15)8-10/h2-3,8,11,16H,4-7,9H2,1H3. The molecule has 1 aliphatic rings. The highest BCUT2D eigenvalue weighted by atomic mass is 35.5. The van der Waals surface area contributed by atoms with E-state index < -0.39 is 15.8 Å². The second kappa shape index (κ2) is 6.39. The van der Waals surface area contributed by atoms with Crippen molar-refractivity contribution in [1.82, 2.24) is 9.62 Å². The number of rotatable bonds is 4. The van der Waals surface area contributed by atoms with Crippen LogP contribution in [0.15, 0.2) is 18.2 Å². The normalized spacial score (nSPS) is 18.4. The Morgan fingerprint density at radius 1 is 1.40 bits per heavy atom. The van der Waals surface area contributed by atoms with Gasteiger partial charge in [-0.05, 0) is 30.5 Å². The van der Waals surface area contributed by atoms with Gasteiger partial charge >= 0.3 is 0 Å². The van der Waals surface area contributed by atoms with Crippen LogP contribution in [0.4, 0.5) is 4.39 Å². The molecule has 0 amide bonds. The van der Waals surface area contributed by atoms with Gasteiger partial charge in [-0.3, -0.25) is 0 Å². The van der Waals surface area contributed by atoms with E-state index in [0.717, 1.165) is 18.4 Å². The summed E-state index contributed by atoms with van der Waals surface area (Å²) in [7, 11) is -3.09. The van der Waals surface area contributed by atoms with Crippen LogP contribution in [0.3, 0.4) is 0 Å². The first-order chi connectivity index (χ1) is 9.36. The molecule has 0 aliphatic carbocycles. The number of piperidine rings is 1. The molecule has 112 valence electrons. The summed E-state index contributed by atoms with van der Waals surface area (Å²) in [6, 6.07) is 5.00. The molecule has 0 radical (unpaired) electrons. The maximum absolute atomic E-state index is 13.3. The van der Waals surface area contributed by atoms with Crippen LogP contribution in [0.2, 0.25) is 5.02 Å². The predicted molar refractivity (Wildman–Crippen MR) is 77.7 cm³/mol. The fourth-order valence-corrected chi connectivity index (χ4v) is 3.30. The number of hydrogen-bond donors (Lipinski definition) is 1. The van der Waals surface area contributed by atoms with Crippen LogP contribution in [0.25, 0.3) is 0 Å². The molecule has 0 atom stereocenters. The van der Waals surface area contributed by atoms with Crippen LogP contribution in [-0.2, 0) is 16.6 Å². The van der Waals surface area contributed by atoms with E-state index in [4.69, 9.17) is 11.6 Å². The van der Waals surface area contributed by atoms with Crippen molar-refractivity contribution < 1.29 is 12.8 Å². The van der Waals surface area contributed by atoms with E-state index in [1.165, 1.54) is 16.6 Å². The first-order valence-electron chi connectivity index (χ1n) is 6.48. The number of nitrogens with zero attached hydrogens (tertiary/aromatic N) is 1. The summed E-state index contributed by atoms with van der Waals surface area (Å²) in [5, 5.41) is 3.45. The molecule has 0 unspecified atom stereocenters. The second-order valence-corrected chi connectivity index (χ2v) is 7.46. The maximum Gasteiger partial charge on any atom is 0.211 e. The Morgan fingerprint density at radius 2 is 2.05 bits per heavy atom. The van der Waals surface area contributed by atoms with Crippen molar-refractivity contribution in [3.63, 3.8) is 0 Å². The SMILES string of the molecule is CS(=O)(=O)N1CCC(NCc2ccc(Cl)c(F)c2)CC1. The van der Waals surface area contributed by atoms with Gasteiger partial charge in [-0.15, -0.1) is 0 Å². The smallest absolute Gasteiger partial charge is 0.211 e. The number of nitrogens with one attached hydrogen (secondary N) is 1. The number of sulfonamides is 1. The zero-order valence-electron chi connectivity index (χ0n) is 11.3. The van der Waals surface area contributed by atoms with Gasteiger partial charge in [0.1, 0.15) is 5.82 Å². The molecule has 0 saturated carbocycles. The van der Waals surface area contributed by atoms with Gasteiger partial charge in [-0.1, -0.05) is 17.7 Å². The molecule has 1 saturated heterocycles. The van der Waals surface area contributed by atoms with Crippen LogP contribution >= 0.6 is 11.6 Å². The Labute approximate surface area is 124 Å². The number of hydrogen-bond acceptors (Lipinski definition) is 3. The van der Waals surface area contributed by atoms with Gasteiger partial charge < -0.3 is 5.32 Å². The van der Waals surface area contributed by atoms with Gasteiger partial charge in [-0.2, -0.15) is 0 Å². The summed E-state index contributed by atoms with van der Waals surface area (Å²) < 4.78 is 37.6. The first kappa shape index (κ1) is 15.7. The lowest BCUT2D eigenvalue weighted by Crippen LogP contribution is -2.44. The number of halogens is 2. The van der Waals surface area contributed by atoms with Crippen molar-refractivity contribution in [2.75, 3.05) is 19.3 Å². The van der Waals surface area contributed by atoms with E-state index in [2.05, 4.69) is 5.32 Å². The summed E-state index contributed by atoms with van der Waals surface area (Å²) in [6.07, 6.45) is 2.77. The van der Waals surface area contributed by atoms with Crippen molar-refractivity contribution in [3.05, 3.63) is 34.6 Å². The Morgan fingerprint density at radius 3 is 2.60 bits per heavy atom. The maximum atomic E-state index is 13.3. The van der Waals surface area contributed by atoms with Crippen LogP contribution < -0.4 is 5.32 Å². The fourth-order valence-electron chi connectivity index (χ4n) is 2.30. The van der Waals surface area contributed by atoms with E-state index in [1.807, 2.05) is 0 Å². The van der Waals surface area contributed by atoms with Crippen molar-refractivity contribution in [2.24, 2.45) is 0 Å². The van der Waals surface area contributed by atoms with Crippen molar-refractivity contribution in [2.45, 2.75) is 25.4 Å². The Kier molecular flexibility index (Phi) is 5.01. The quantitative estimate of drug-likeness (QED) is 0.923. The molecule has 0 spiro atoms.